The summed E-state index contributed by atoms with van der Waals surface area (Å²) in [6, 6.07) is 15.4. The van der Waals surface area contributed by atoms with Gasteiger partial charge >= 0.3 is 0 Å². The quantitative estimate of drug-likeness (QED) is 0.609. The van der Waals surface area contributed by atoms with E-state index in [1.54, 1.807) is 13.2 Å². The molecule has 1 aliphatic carbocycles. The van der Waals surface area contributed by atoms with E-state index in [0.29, 0.717) is 22.1 Å². The van der Waals surface area contributed by atoms with E-state index in [9.17, 15) is 0 Å². The van der Waals surface area contributed by atoms with Crippen LogP contribution in [0, 0.1) is 11.3 Å². The van der Waals surface area contributed by atoms with E-state index >= 15 is 0 Å². The van der Waals surface area contributed by atoms with Crippen LogP contribution in [0.15, 0.2) is 53.0 Å². The molecule has 2 aromatic carbocycles. The van der Waals surface area contributed by atoms with Gasteiger partial charge in [0.25, 0.3) is 0 Å². The van der Waals surface area contributed by atoms with Crippen molar-refractivity contribution in [1.82, 2.24) is 0 Å². The molecule has 0 bridgehead atoms. The third-order valence-corrected chi connectivity index (χ3v) is 4.78. The van der Waals surface area contributed by atoms with E-state index in [1.807, 2.05) is 42.5 Å². The van der Waals surface area contributed by atoms with Gasteiger partial charge in [-0.1, -0.05) is 59.6 Å². The van der Waals surface area contributed by atoms with Crippen LogP contribution < -0.4 is 9.47 Å². The third-order valence-electron chi connectivity index (χ3n) is 4.02. The molecule has 0 heterocycles. The summed E-state index contributed by atoms with van der Waals surface area (Å²) in [5.74, 6) is 2.13. The van der Waals surface area contributed by atoms with Gasteiger partial charge in [0.15, 0.2) is 11.5 Å². The van der Waals surface area contributed by atoms with E-state index in [4.69, 9.17) is 21.1 Å². The zero-order chi connectivity index (χ0) is 16.9. The van der Waals surface area contributed by atoms with E-state index in [0.717, 1.165) is 16.8 Å². The normalized spacial score (nSPS) is 17.7. The number of benzene rings is 2. The summed E-state index contributed by atoms with van der Waals surface area (Å²) >= 11 is 9.19. The molecule has 2 nitrogen and oxygen atoms in total. The van der Waals surface area contributed by atoms with Crippen molar-refractivity contribution in [3.63, 3.8) is 0 Å². The Morgan fingerprint density at radius 3 is 2.26 bits per heavy atom. The number of rotatable bonds is 4. The molecule has 0 aliphatic heterocycles. The van der Waals surface area contributed by atoms with Crippen LogP contribution in [0.25, 0.3) is 0 Å². The Morgan fingerprint density at radius 1 is 1.13 bits per heavy atom. The van der Waals surface area contributed by atoms with Crippen molar-refractivity contribution in [2.45, 2.75) is 20.3 Å². The molecule has 4 heteroatoms. The summed E-state index contributed by atoms with van der Waals surface area (Å²) in [7, 11) is 1.62. The maximum atomic E-state index is 5.88. The zero-order valence-corrected chi connectivity index (χ0v) is 16.0. The fourth-order valence-electron chi connectivity index (χ4n) is 2.23. The summed E-state index contributed by atoms with van der Waals surface area (Å²) in [5.41, 5.74) is 0.444. The number of halogens is 2. The van der Waals surface area contributed by atoms with Gasteiger partial charge in [0.05, 0.1) is 13.7 Å². The fourth-order valence-corrected chi connectivity index (χ4v) is 2.69. The lowest BCUT2D eigenvalue weighted by molar-refractivity contribution is 0.264. The first-order valence-corrected chi connectivity index (χ1v) is 8.76. The highest BCUT2D eigenvalue weighted by atomic mass is 79.9. The predicted octanol–water partition coefficient (Wildman–Crippen LogP) is 6.22. The minimum Gasteiger partial charge on any atom is -0.493 e. The Labute approximate surface area is 151 Å². The maximum Gasteiger partial charge on any atom is 0.162 e. The molecule has 2 aromatic rings. The van der Waals surface area contributed by atoms with Gasteiger partial charge in [0, 0.05) is 15.6 Å². The summed E-state index contributed by atoms with van der Waals surface area (Å²) in [5, 5.41) is 0.663. The number of hydrogen-bond donors (Lipinski definition) is 0. The van der Waals surface area contributed by atoms with Crippen LogP contribution in [0.5, 0.6) is 11.5 Å². The first-order chi connectivity index (χ1) is 10.9. The highest BCUT2D eigenvalue weighted by molar-refractivity contribution is 9.10. The molecule has 0 saturated heterocycles. The Morgan fingerprint density at radius 2 is 1.78 bits per heavy atom. The van der Waals surface area contributed by atoms with Crippen LogP contribution in [-0.4, -0.2) is 13.7 Å². The molecule has 124 valence electrons. The second kappa shape index (κ2) is 8.07. The second-order valence-corrected chi connectivity index (χ2v) is 7.64. The number of ether oxygens (including phenoxy) is 2. The topological polar surface area (TPSA) is 18.5 Å². The lowest BCUT2D eigenvalue weighted by Gasteiger charge is -2.11. The molecule has 23 heavy (non-hydrogen) atoms. The van der Waals surface area contributed by atoms with Gasteiger partial charge in [-0.05, 0) is 42.0 Å². The monoisotopic (exact) mass is 396 g/mol. The number of hydrogen-bond acceptors (Lipinski definition) is 2. The third kappa shape index (κ3) is 5.74. The molecule has 1 saturated carbocycles. The molecular weight excluding hydrogens is 376 g/mol. The minimum absolute atomic E-state index is 0.444. The molecular formula is C19H22BrClO2. The van der Waals surface area contributed by atoms with Crippen LogP contribution >= 0.6 is 27.5 Å². The van der Waals surface area contributed by atoms with Gasteiger partial charge < -0.3 is 9.47 Å². The van der Waals surface area contributed by atoms with Crippen LogP contribution in [0.1, 0.15) is 20.3 Å². The summed E-state index contributed by atoms with van der Waals surface area (Å²) < 4.78 is 12.1. The predicted molar refractivity (Wildman–Crippen MR) is 99.5 cm³/mol. The molecule has 0 N–H and O–H groups in total. The summed E-state index contributed by atoms with van der Waals surface area (Å²) in [6.45, 7) is 5.28. The van der Waals surface area contributed by atoms with Crippen molar-refractivity contribution < 1.29 is 9.47 Å². The largest absolute Gasteiger partial charge is 0.493 e. The van der Waals surface area contributed by atoms with Gasteiger partial charge in [-0.2, -0.15) is 0 Å². The molecule has 1 fully saturated rings. The van der Waals surface area contributed by atoms with Gasteiger partial charge in [-0.15, -0.1) is 0 Å². The van der Waals surface area contributed by atoms with E-state index in [-0.39, 0.29) is 0 Å². The Hall–Kier alpha value is -1.19. The molecule has 1 atom stereocenters. The minimum atomic E-state index is 0.444. The highest BCUT2D eigenvalue weighted by Crippen LogP contribution is 2.51. The smallest absolute Gasteiger partial charge is 0.162 e. The standard InChI is InChI=1S/C13H17ClO2.C6H5Br/c1-13(2)7-9(13)8-16-11-5-4-10(14)6-12(11)15-3;7-6-4-2-1-3-5-6/h4-6,9H,7-8H2,1-3H3;1-5H. The molecule has 3 rings (SSSR count). The van der Waals surface area contributed by atoms with Crippen molar-refractivity contribution in [1.29, 1.82) is 0 Å². The van der Waals surface area contributed by atoms with Crippen LogP contribution in [0.2, 0.25) is 5.02 Å². The van der Waals surface area contributed by atoms with E-state index in [1.165, 1.54) is 6.42 Å². The van der Waals surface area contributed by atoms with Crippen LogP contribution in [0.4, 0.5) is 0 Å². The lowest BCUT2D eigenvalue weighted by atomic mass is 10.1. The highest BCUT2D eigenvalue weighted by Gasteiger charge is 2.45. The van der Waals surface area contributed by atoms with Crippen molar-refractivity contribution in [2.75, 3.05) is 13.7 Å². The SMILES string of the molecule is Brc1ccccc1.COc1cc(Cl)ccc1OCC1CC1(C)C. The van der Waals surface area contributed by atoms with Crippen molar-refractivity contribution in [3.05, 3.63) is 58.0 Å². The van der Waals surface area contributed by atoms with Gasteiger partial charge in [-0.25, -0.2) is 0 Å². The molecule has 0 spiro atoms. The number of methoxy groups -OCH3 is 1. The second-order valence-electron chi connectivity index (χ2n) is 6.29. The fraction of sp³-hybridized carbons (Fsp3) is 0.368. The molecule has 1 aliphatic rings. The summed E-state index contributed by atoms with van der Waals surface area (Å²) in [6.07, 6.45) is 1.24. The molecule has 1 unspecified atom stereocenters. The molecule has 0 radical (unpaired) electrons. The van der Waals surface area contributed by atoms with Crippen LogP contribution in [0.3, 0.4) is 0 Å². The zero-order valence-electron chi connectivity index (χ0n) is 13.7. The van der Waals surface area contributed by atoms with Crippen LogP contribution in [-0.2, 0) is 0 Å². The Kier molecular flexibility index (Phi) is 6.37. The van der Waals surface area contributed by atoms with Crippen molar-refractivity contribution in [2.24, 2.45) is 11.3 Å². The first kappa shape index (κ1) is 18.2. The maximum absolute atomic E-state index is 5.88. The summed E-state index contributed by atoms with van der Waals surface area (Å²) in [4.78, 5) is 0. The van der Waals surface area contributed by atoms with Gasteiger partial charge in [0.1, 0.15) is 0 Å². The van der Waals surface area contributed by atoms with Crippen molar-refractivity contribution in [3.8, 4) is 11.5 Å². The molecule has 0 amide bonds. The van der Waals surface area contributed by atoms with Gasteiger partial charge in [0.2, 0.25) is 0 Å². The Bertz CT molecular complexity index is 629. The van der Waals surface area contributed by atoms with E-state index in [2.05, 4.69) is 29.8 Å². The average Bonchev–Trinajstić information content (AvgIpc) is 3.14. The Balaban J connectivity index is 0.000000229. The average molecular weight is 398 g/mol. The van der Waals surface area contributed by atoms with Gasteiger partial charge in [-0.3, -0.25) is 0 Å². The van der Waals surface area contributed by atoms with E-state index < -0.39 is 0 Å². The lowest BCUT2D eigenvalue weighted by Crippen LogP contribution is -2.04. The first-order valence-electron chi connectivity index (χ1n) is 7.59. The molecule has 0 aromatic heterocycles. The van der Waals surface area contributed by atoms with Crippen molar-refractivity contribution >= 4 is 27.5 Å².